The minimum Gasteiger partial charge on any atom is -0.324 e. The summed E-state index contributed by atoms with van der Waals surface area (Å²) in [4.78, 5) is 0. The zero-order chi connectivity index (χ0) is 14.5. The predicted molar refractivity (Wildman–Crippen MR) is 86.2 cm³/mol. The Balaban J connectivity index is 2.15. The quantitative estimate of drug-likeness (QED) is 0.808. The van der Waals surface area contributed by atoms with Gasteiger partial charge in [-0.15, -0.1) is 0 Å². The average Bonchev–Trinajstić information content (AvgIpc) is 2.46. The molecule has 0 aliphatic rings. The van der Waals surface area contributed by atoms with Gasteiger partial charge in [0.25, 0.3) is 0 Å². The van der Waals surface area contributed by atoms with Crippen molar-refractivity contribution >= 4 is 5.57 Å². The Bertz CT molecular complexity index is 650. The smallest absolute Gasteiger partial charge is 0.0266 e. The molecule has 1 atom stereocenters. The average molecular weight is 261 g/mol. The molecular formula is C19H19N. The van der Waals surface area contributed by atoms with Crippen LogP contribution in [0.4, 0.5) is 0 Å². The molecule has 100 valence electrons. The molecule has 2 aromatic carbocycles. The van der Waals surface area contributed by atoms with Gasteiger partial charge in [0.1, 0.15) is 0 Å². The first kappa shape index (κ1) is 14.1. The molecule has 20 heavy (non-hydrogen) atoms. The molecule has 0 saturated heterocycles. The van der Waals surface area contributed by atoms with E-state index >= 15 is 0 Å². The van der Waals surface area contributed by atoms with Crippen LogP contribution in [0.25, 0.3) is 5.57 Å². The Morgan fingerprint density at radius 2 is 1.40 bits per heavy atom. The summed E-state index contributed by atoms with van der Waals surface area (Å²) in [5.74, 6) is 6.33. The lowest BCUT2D eigenvalue weighted by molar-refractivity contribution is 0.818. The summed E-state index contributed by atoms with van der Waals surface area (Å²) in [7, 11) is 0. The van der Waals surface area contributed by atoms with Crippen molar-refractivity contribution < 1.29 is 0 Å². The van der Waals surface area contributed by atoms with Crippen molar-refractivity contribution in [2.24, 2.45) is 5.73 Å². The first-order chi connectivity index (χ1) is 9.56. The number of nitrogens with two attached hydrogens (primary N) is 1. The van der Waals surface area contributed by atoms with Gasteiger partial charge in [-0.25, -0.2) is 0 Å². The number of rotatable bonds is 2. The maximum Gasteiger partial charge on any atom is 0.0266 e. The fraction of sp³-hybridized carbons (Fsp3) is 0.158. The minimum absolute atomic E-state index is 0.0618. The van der Waals surface area contributed by atoms with E-state index in [-0.39, 0.29) is 6.04 Å². The van der Waals surface area contributed by atoms with E-state index in [1.807, 2.05) is 62.4 Å². The lowest BCUT2D eigenvalue weighted by atomic mass is 10.1. The Morgan fingerprint density at radius 3 is 1.80 bits per heavy atom. The van der Waals surface area contributed by atoms with E-state index in [1.54, 1.807) is 0 Å². The van der Waals surface area contributed by atoms with E-state index in [2.05, 4.69) is 18.4 Å². The molecule has 1 heteroatoms. The van der Waals surface area contributed by atoms with Crippen molar-refractivity contribution in [1.82, 2.24) is 0 Å². The third-order valence-corrected chi connectivity index (χ3v) is 3.17. The summed E-state index contributed by atoms with van der Waals surface area (Å²) in [6, 6.07) is 16.3. The molecule has 0 heterocycles. The maximum atomic E-state index is 5.82. The van der Waals surface area contributed by atoms with Crippen LogP contribution in [0.2, 0.25) is 0 Å². The fourth-order valence-electron chi connectivity index (χ4n) is 1.85. The molecule has 0 fully saturated rings. The Hall–Kier alpha value is -2.30. The van der Waals surface area contributed by atoms with Gasteiger partial charge in [-0.1, -0.05) is 48.3 Å². The molecule has 1 unspecified atom stereocenters. The van der Waals surface area contributed by atoms with Crippen molar-refractivity contribution in [3.8, 4) is 11.8 Å². The van der Waals surface area contributed by atoms with E-state index in [1.165, 1.54) is 0 Å². The van der Waals surface area contributed by atoms with Crippen LogP contribution >= 0.6 is 0 Å². The molecule has 0 bridgehead atoms. The van der Waals surface area contributed by atoms with Crippen LogP contribution in [0.1, 0.15) is 42.1 Å². The molecule has 0 saturated carbocycles. The van der Waals surface area contributed by atoms with Crippen molar-refractivity contribution in [1.29, 1.82) is 0 Å². The van der Waals surface area contributed by atoms with E-state index in [9.17, 15) is 0 Å². The topological polar surface area (TPSA) is 26.0 Å². The number of hydrogen-bond donors (Lipinski definition) is 1. The van der Waals surface area contributed by atoms with Crippen molar-refractivity contribution in [3.63, 3.8) is 0 Å². The molecule has 2 rings (SSSR count). The molecular weight excluding hydrogens is 242 g/mol. The molecule has 2 aromatic rings. The SMILES string of the molecule is C=C(C)c1ccc(C#Cc2ccc(C(C)N)cc2)cc1. The van der Waals surface area contributed by atoms with Gasteiger partial charge < -0.3 is 5.73 Å². The number of benzene rings is 2. The highest BCUT2D eigenvalue weighted by atomic mass is 14.6. The van der Waals surface area contributed by atoms with E-state index < -0.39 is 0 Å². The first-order valence-electron chi connectivity index (χ1n) is 6.70. The fourth-order valence-corrected chi connectivity index (χ4v) is 1.85. The molecule has 0 spiro atoms. The summed E-state index contributed by atoms with van der Waals surface area (Å²) in [5.41, 5.74) is 11.2. The zero-order valence-corrected chi connectivity index (χ0v) is 12.0. The molecule has 0 aromatic heterocycles. The molecule has 0 radical (unpaired) electrons. The van der Waals surface area contributed by atoms with Gasteiger partial charge in [-0.2, -0.15) is 0 Å². The van der Waals surface area contributed by atoms with Crippen LogP contribution < -0.4 is 5.73 Å². The third kappa shape index (κ3) is 3.60. The van der Waals surface area contributed by atoms with Gasteiger partial charge >= 0.3 is 0 Å². The predicted octanol–water partition coefficient (Wildman–Crippen LogP) is 4.14. The number of hydrogen-bond acceptors (Lipinski definition) is 1. The summed E-state index contributed by atoms with van der Waals surface area (Å²) in [6.45, 7) is 7.90. The van der Waals surface area contributed by atoms with Gasteiger partial charge in [0.15, 0.2) is 0 Å². The Morgan fingerprint density at radius 1 is 0.950 bits per heavy atom. The van der Waals surface area contributed by atoms with Gasteiger partial charge in [0.05, 0.1) is 0 Å². The molecule has 2 N–H and O–H groups in total. The van der Waals surface area contributed by atoms with Gasteiger partial charge in [-0.05, 0) is 49.2 Å². The monoisotopic (exact) mass is 261 g/mol. The molecule has 0 amide bonds. The summed E-state index contributed by atoms with van der Waals surface area (Å²) in [6.07, 6.45) is 0. The van der Waals surface area contributed by atoms with Gasteiger partial charge in [0.2, 0.25) is 0 Å². The highest BCUT2D eigenvalue weighted by molar-refractivity contribution is 5.62. The van der Waals surface area contributed by atoms with Crippen LogP contribution in [-0.4, -0.2) is 0 Å². The molecule has 1 nitrogen and oxygen atoms in total. The molecule has 0 aliphatic carbocycles. The van der Waals surface area contributed by atoms with Crippen LogP contribution in [0.5, 0.6) is 0 Å². The molecule has 0 aliphatic heterocycles. The summed E-state index contributed by atoms with van der Waals surface area (Å²) < 4.78 is 0. The van der Waals surface area contributed by atoms with Crippen LogP contribution in [0.3, 0.4) is 0 Å². The highest BCUT2D eigenvalue weighted by Gasteiger charge is 1.97. The summed E-state index contributed by atoms with van der Waals surface area (Å²) in [5, 5.41) is 0. The Labute approximate surface area is 121 Å². The van der Waals surface area contributed by atoms with Crippen molar-refractivity contribution in [2.45, 2.75) is 19.9 Å². The highest BCUT2D eigenvalue weighted by Crippen LogP contribution is 2.12. The minimum atomic E-state index is 0.0618. The van der Waals surface area contributed by atoms with Gasteiger partial charge in [0, 0.05) is 17.2 Å². The van der Waals surface area contributed by atoms with Crippen LogP contribution in [0, 0.1) is 11.8 Å². The zero-order valence-electron chi connectivity index (χ0n) is 12.0. The van der Waals surface area contributed by atoms with Crippen molar-refractivity contribution in [2.75, 3.05) is 0 Å². The van der Waals surface area contributed by atoms with Gasteiger partial charge in [-0.3, -0.25) is 0 Å². The van der Waals surface area contributed by atoms with E-state index in [0.717, 1.165) is 27.8 Å². The summed E-state index contributed by atoms with van der Waals surface area (Å²) >= 11 is 0. The second-order valence-corrected chi connectivity index (χ2v) is 5.02. The lowest BCUT2D eigenvalue weighted by Gasteiger charge is -2.04. The normalized spacial score (nSPS) is 11.3. The maximum absolute atomic E-state index is 5.82. The second-order valence-electron chi connectivity index (χ2n) is 5.02. The van der Waals surface area contributed by atoms with E-state index in [4.69, 9.17) is 5.73 Å². The lowest BCUT2D eigenvalue weighted by Crippen LogP contribution is -2.04. The second kappa shape index (κ2) is 6.23. The Kier molecular flexibility index (Phi) is 4.40. The third-order valence-electron chi connectivity index (χ3n) is 3.17. The van der Waals surface area contributed by atoms with E-state index in [0.29, 0.717) is 0 Å². The van der Waals surface area contributed by atoms with Crippen molar-refractivity contribution in [3.05, 3.63) is 77.4 Å². The van der Waals surface area contributed by atoms with Crippen LogP contribution in [0.15, 0.2) is 55.1 Å². The van der Waals surface area contributed by atoms with Crippen LogP contribution in [-0.2, 0) is 0 Å². The largest absolute Gasteiger partial charge is 0.324 e. The first-order valence-corrected chi connectivity index (χ1v) is 6.70. The number of allylic oxidation sites excluding steroid dienone is 1. The standard InChI is InChI=1S/C19H19N/c1-14(2)18-10-6-16(7-11-18)4-5-17-8-12-19(13-9-17)15(3)20/h6-13,15H,1,20H2,2-3H3.